The molecule has 6 heteroatoms. The number of rotatable bonds is 6. The largest absolute Gasteiger partial charge is 0.399 e. The number of piperazine rings is 1. The van der Waals surface area contributed by atoms with Crippen LogP contribution in [0.3, 0.4) is 0 Å². The van der Waals surface area contributed by atoms with Gasteiger partial charge in [0, 0.05) is 49.7 Å². The number of carbonyl (C=O) groups is 1. The molecule has 2 aromatic rings. The number of aryl methyl sites for hydroxylation is 1. The van der Waals surface area contributed by atoms with Crippen molar-refractivity contribution in [1.29, 1.82) is 0 Å². The predicted molar refractivity (Wildman–Crippen MR) is 117 cm³/mol. The van der Waals surface area contributed by atoms with E-state index in [-0.39, 0.29) is 5.91 Å². The summed E-state index contributed by atoms with van der Waals surface area (Å²) in [6, 6.07) is 14.0. The average molecular weight is 395 g/mol. The molecule has 0 aliphatic carbocycles. The lowest BCUT2D eigenvalue weighted by atomic mass is 9.96. The highest BCUT2D eigenvalue weighted by Gasteiger charge is 2.19. The number of benzene rings is 2. The fraction of sp³-hybridized carbons (Fsp3) is 0.435. The van der Waals surface area contributed by atoms with Gasteiger partial charge in [0.1, 0.15) is 0 Å². The number of carbonyl (C=O) groups excluding carboxylic acids is 1. The van der Waals surface area contributed by atoms with Gasteiger partial charge in [-0.25, -0.2) is 0 Å². The maximum absolute atomic E-state index is 11.5. The summed E-state index contributed by atoms with van der Waals surface area (Å²) in [5.41, 5.74) is 10.8. The first-order chi connectivity index (χ1) is 14.1. The lowest BCUT2D eigenvalue weighted by Crippen LogP contribution is -2.46. The van der Waals surface area contributed by atoms with Crippen molar-refractivity contribution in [3.05, 3.63) is 53.6 Å². The van der Waals surface area contributed by atoms with Crippen LogP contribution in [0.25, 0.3) is 0 Å². The molecule has 0 aromatic heterocycles. The van der Waals surface area contributed by atoms with E-state index in [0.29, 0.717) is 6.42 Å². The first kappa shape index (κ1) is 19.7. The van der Waals surface area contributed by atoms with Gasteiger partial charge < -0.3 is 21.1 Å². The highest BCUT2D eigenvalue weighted by atomic mass is 16.3. The molecule has 0 radical (unpaired) electrons. The Hall–Kier alpha value is -2.57. The predicted octanol–water partition coefficient (Wildman–Crippen LogP) is 2.79. The fourth-order valence-corrected chi connectivity index (χ4v) is 4.20. The molecule has 0 spiro atoms. The topological polar surface area (TPSA) is 81.8 Å². The molecule has 1 saturated heterocycles. The standard InChI is InChI=1S/C23H30N4O2/c24-19-5-7-20(8-6-19)27-14-12-26(13-15-27)11-1-2-22(28)18-3-9-21-17(16-18)4-10-23(29)25-21/h3,5-9,16,22,28H,1-2,4,10-15,24H2,(H,25,29). The van der Waals surface area contributed by atoms with Crippen LogP contribution in [0.1, 0.15) is 36.5 Å². The first-order valence-corrected chi connectivity index (χ1v) is 10.5. The first-order valence-electron chi connectivity index (χ1n) is 10.5. The number of nitrogens with zero attached hydrogens (tertiary/aromatic N) is 2. The lowest BCUT2D eigenvalue weighted by molar-refractivity contribution is -0.116. The summed E-state index contributed by atoms with van der Waals surface area (Å²) < 4.78 is 0. The monoisotopic (exact) mass is 394 g/mol. The number of nitrogens with two attached hydrogens (primary N) is 1. The van der Waals surface area contributed by atoms with E-state index in [2.05, 4.69) is 27.2 Å². The van der Waals surface area contributed by atoms with E-state index in [0.717, 1.165) is 74.5 Å². The molecule has 0 saturated carbocycles. The number of nitrogens with one attached hydrogen (secondary N) is 1. The van der Waals surface area contributed by atoms with Crippen LogP contribution < -0.4 is 16.0 Å². The number of anilines is 3. The third kappa shape index (κ3) is 4.89. The van der Waals surface area contributed by atoms with Crippen molar-refractivity contribution in [2.45, 2.75) is 31.8 Å². The van der Waals surface area contributed by atoms with Crippen molar-refractivity contribution in [3.8, 4) is 0 Å². The van der Waals surface area contributed by atoms with Gasteiger partial charge in [0.25, 0.3) is 0 Å². The lowest BCUT2D eigenvalue weighted by Gasteiger charge is -2.36. The highest BCUT2D eigenvalue weighted by Crippen LogP contribution is 2.28. The Bertz CT molecular complexity index is 844. The van der Waals surface area contributed by atoms with Crippen LogP contribution in [0, 0.1) is 0 Å². The third-order valence-electron chi connectivity index (χ3n) is 5.99. The Morgan fingerprint density at radius 2 is 1.79 bits per heavy atom. The summed E-state index contributed by atoms with van der Waals surface area (Å²) in [5.74, 6) is 0.0716. The minimum atomic E-state index is -0.450. The van der Waals surface area contributed by atoms with Crippen LogP contribution in [0.2, 0.25) is 0 Å². The average Bonchev–Trinajstić information content (AvgIpc) is 2.74. The summed E-state index contributed by atoms with van der Waals surface area (Å²) in [6.45, 7) is 5.12. The SMILES string of the molecule is Nc1ccc(N2CCN(CCCC(O)c3ccc4c(c3)CCC(=O)N4)CC2)cc1. The molecule has 2 heterocycles. The Morgan fingerprint density at radius 1 is 1.03 bits per heavy atom. The molecule has 0 bridgehead atoms. The highest BCUT2D eigenvalue weighted by molar-refractivity contribution is 5.93. The minimum Gasteiger partial charge on any atom is -0.399 e. The second-order valence-electron chi connectivity index (χ2n) is 8.04. The third-order valence-corrected chi connectivity index (χ3v) is 5.99. The molecule has 1 atom stereocenters. The van der Waals surface area contributed by atoms with Crippen molar-refractivity contribution in [2.24, 2.45) is 0 Å². The molecule has 4 N–H and O–H groups in total. The molecule has 1 unspecified atom stereocenters. The molecule has 2 aliphatic rings. The van der Waals surface area contributed by atoms with E-state index >= 15 is 0 Å². The van der Waals surface area contributed by atoms with E-state index in [1.165, 1.54) is 5.69 Å². The summed E-state index contributed by atoms with van der Waals surface area (Å²) in [7, 11) is 0. The number of aliphatic hydroxyl groups is 1. The number of hydrogen-bond acceptors (Lipinski definition) is 5. The van der Waals surface area contributed by atoms with E-state index in [1.807, 2.05) is 30.3 Å². The Balaban J connectivity index is 1.21. The van der Waals surface area contributed by atoms with Gasteiger partial charge in [-0.05, 0) is 67.3 Å². The van der Waals surface area contributed by atoms with Crippen LogP contribution in [-0.2, 0) is 11.2 Å². The van der Waals surface area contributed by atoms with Gasteiger partial charge in [-0.1, -0.05) is 12.1 Å². The fourth-order valence-electron chi connectivity index (χ4n) is 4.20. The zero-order valence-corrected chi connectivity index (χ0v) is 16.8. The van der Waals surface area contributed by atoms with Crippen LogP contribution in [0.5, 0.6) is 0 Å². The number of hydrogen-bond donors (Lipinski definition) is 3. The van der Waals surface area contributed by atoms with Gasteiger partial charge in [0.15, 0.2) is 0 Å². The normalized spacial score (nSPS) is 18.2. The van der Waals surface area contributed by atoms with Gasteiger partial charge in [-0.3, -0.25) is 9.69 Å². The molecule has 154 valence electrons. The number of fused-ring (bicyclic) bond motifs is 1. The maximum atomic E-state index is 11.5. The van der Waals surface area contributed by atoms with E-state index in [4.69, 9.17) is 5.73 Å². The maximum Gasteiger partial charge on any atom is 0.224 e. The Labute approximate surface area is 172 Å². The number of amides is 1. The molecular formula is C23H30N4O2. The molecule has 6 nitrogen and oxygen atoms in total. The number of aliphatic hydroxyl groups excluding tert-OH is 1. The van der Waals surface area contributed by atoms with E-state index < -0.39 is 6.10 Å². The van der Waals surface area contributed by atoms with Crippen LogP contribution in [0.15, 0.2) is 42.5 Å². The van der Waals surface area contributed by atoms with Gasteiger partial charge in [0.05, 0.1) is 6.10 Å². The molecular weight excluding hydrogens is 364 g/mol. The van der Waals surface area contributed by atoms with Crippen molar-refractivity contribution in [3.63, 3.8) is 0 Å². The molecule has 1 amide bonds. The molecule has 4 rings (SSSR count). The molecule has 2 aromatic carbocycles. The van der Waals surface area contributed by atoms with Crippen molar-refractivity contribution in [2.75, 3.05) is 48.7 Å². The molecule has 1 fully saturated rings. The van der Waals surface area contributed by atoms with Gasteiger partial charge >= 0.3 is 0 Å². The Morgan fingerprint density at radius 3 is 2.55 bits per heavy atom. The number of nitrogen functional groups attached to an aromatic ring is 1. The quantitative estimate of drug-likeness (QED) is 0.657. The second kappa shape index (κ2) is 8.84. The molecule has 29 heavy (non-hydrogen) atoms. The summed E-state index contributed by atoms with van der Waals surface area (Å²) in [6.07, 6.45) is 2.55. The summed E-state index contributed by atoms with van der Waals surface area (Å²) in [5, 5.41) is 13.5. The van der Waals surface area contributed by atoms with Crippen molar-refractivity contribution >= 4 is 23.0 Å². The van der Waals surface area contributed by atoms with E-state index in [9.17, 15) is 9.90 Å². The smallest absolute Gasteiger partial charge is 0.224 e. The zero-order valence-electron chi connectivity index (χ0n) is 16.8. The minimum absolute atomic E-state index is 0.0716. The van der Waals surface area contributed by atoms with Crippen LogP contribution in [0.4, 0.5) is 17.1 Å². The molecule has 2 aliphatic heterocycles. The van der Waals surface area contributed by atoms with Gasteiger partial charge in [0.2, 0.25) is 5.91 Å². The zero-order chi connectivity index (χ0) is 20.2. The van der Waals surface area contributed by atoms with Crippen LogP contribution >= 0.6 is 0 Å². The second-order valence-corrected chi connectivity index (χ2v) is 8.04. The van der Waals surface area contributed by atoms with Crippen molar-refractivity contribution < 1.29 is 9.90 Å². The van der Waals surface area contributed by atoms with Crippen molar-refractivity contribution in [1.82, 2.24) is 4.90 Å². The van der Waals surface area contributed by atoms with E-state index in [1.54, 1.807) is 0 Å². The summed E-state index contributed by atoms with van der Waals surface area (Å²) in [4.78, 5) is 16.4. The van der Waals surface area contributed by atoms with Crippen LogP contribution in [-0.4, -0.2) is 48.6 Å². The summed E-state index contributed by atoms with van der Waals surface area (Å²) >= 11 is 0. The Kier molecular flexibility index (Phi) is 6.02. The van der Waals surface area contributed by atoms with Gasteiger partial charge in [-0.2, -0.15) is 0 Å². The van der Waals surface area contributed by atoms with Gasteiger partial charge in [-0.15, -0.1) is 0 Å².